The van der Waals surface area contributed by atoms with Gasteiger partial charge >= 0.3 is 5.97 Å². The molecule has 2 aliphatic rings. The number of nitrogens with zero attached hydrogens (tertiary/aromatic N) is 1. The Bertz CT molecular complexity index is 356. The number of hydrogen-bond acceptors (Lipinski definition) is 5. The second kappa shape index (κ2) is 8.34. The number of rotatable bonds is 5. The van der Waals surface area contributed by atoms with E-state index in [1.54, 1.807) is 0 Å². The van der Waals surface area contributed by atoms with E-state index in [4.69, 9.17) is 9.47 Å². The molecule has 6 heteroatoms. The first-order valence-corrected chi connectivity index (χ1v) is 7.89. The van der Waals surface area contributed by atoms with Gasteiger partial charge in [-0.15, -0.1) is 0 Å². The lowest BCUT2D eigenvalue weighted by Gasteiger charge is -2.33. The first kappa shape index (κ1) is 16.2. The summed E-state index contributed by atoms with van der Waals surface area (Å²) in [6.45, 7) is 2.17. The average Bonchev–Trinajstić information content (AvgIpc) is 2.53. The first-order chi connectivity index (χ1) is 10.2. The summed E-state index contributed by atoms with van der Waals surface area (Å²) < 4.78 is 10.1. The van der Waals surface area contributed by atoms with Gasteiger partial charge in [-0.25, -0.2) is 0 Å². The molecule has 2 rings (SSSR count). The highest BCUT2D eigenvalue weighted by Crippen LogP contribution is 2.17. The molecule has 1 unspecified atom stereocenters. The molecular weight excluding hydrogens is 272 g/mol. The van der Waals surface area contributed by atoms with Crippen LogP contribution in [0.15, 0.2) is 0 Å². The van der Waals surface area contributed by atoms with E-state index in [9.17, 15) is 9.59 Å². The van der Waals surface area contributed by atoms with Crippen molar-refractivity contribution in [3.8, 4) is 0 Å². The molecule has 0 aromatic carbocycles. The van der Waals surface area contributed by atoms with E-state index in [2.05, 4.69) is 5.32 Å². The number of morpholine rings is 1. The van der Waals surface area contributed by atoms with E-state index >= 15 is 0 Å². The van der Waals surface area contributed by atoms with Crippen molar-refractivity contribution < 1.29 is 19.1 Å². The molecule has 1 atom stereocenters. The molecule has 0 radical (unpaired) electrons. The largest absolute Gasteiger partial charge is 0.468 e. The zero-order valence-corrected chi connectivity index (χ0v) is 12.8. The molecular formula is C15H26N2O4. The van der Waals surface area contributed by atoms with Crippen LogP contribution in [0.4, 0.5) is 0 Å². The Labute approximate surface area is 126 Å². The Kier molecular flexibility index (Phi) is 6.45. The molecule has 1 aliphatic heterocycles. The van der Waals surface area contributed by atoms with E-state index in [1.165, 1.54) is 26.4 Å². The molecule has 0 aromatic rings. The van der Waals surface area contributed by atoms with E-state index in [-0.39, 0.29) is 17.9 Å². The topological polar surface area (TPSA) is 67.9 Å². The van der Waals surface area contributed by atoms with Gasteiger partial charge < -0.3 is 14.8 Å². The lowest BCUT2D eigenvalue weighted by Crippen LogP contribution is -2.51. The standard InChI is InChI=1S/C15H26N2O4/c1-20-15(19)13-11-21-10-9-17(13)8-7-14(18)16-12-5-3-2-4-6-12/h12-13H,2-11H2,1H3,(H,16,18). The van der Waals surface area contributed by atoms with Gasteiger partial charge in [-0.1, -0.05) is 19.3 Å². The Balaban J connectivity index is 1.74. The summed E-state index contributed by atoms with van der Waals surface area (Å²) in [5.41, 5.74) is 0. The van der Waals surface area contributed by atoms with Crippen molar-refractivity contribution in [1.82, 2.24) is 10.2 Å². The highest BCUT2D eigenvalue weighted by Gasteiger charge is 2.30. The summed E-state index contributed by atoms with van der Waals surface area (Å²) in [5.74, 6) is -0.209. The highest BCUT2D eigenvalue weighted by molar-refractivity contribution is 5.77. The molecule has 1 amide bonds. The summed E-state index contributed by atoms with van der Waals surface area (Å²) in [4.78, 5) is 25.7. The summed E-state index contributed by atoms with van der Waals surface area (Å²) in [6, 6.07) is -0.0430. The van der Waals surface area contributed by atoms with E-state index < -0.39 is 0 Å². The molecule has 120 valence electrons. The lowest BCUT2D eigenvalue weighted by molar-refractivity contribution is -0.153. The van der Waals surface area contributed by atoms with Gasteiger partial charge in [0.2, 0.25) is 5.91 Å². The number of esters is 1. The van der Waals surface area contributed by atoms with E-state index in [0.717, 1.165) is 12.8 Å². The summed E-state index contributed by atoms with van der Waals surface area (Å²) in [7, 11) is 1.38. The fourth-order valence-electron chi connectivity index (χ4n) is 3.05. The Morgan fingerprint density at radius 3 is 2.76 bits per heavy atom. The summed E-state index contributed by atoms with van der Waals surface area (Å²) in [6.07, 6.45) is 6.30. The van der Waals surface area contributed by atoms with Crippen molar-refractivity contribution >= 4 is 11.9 Å². The maximum Gasteiger partial charge on any atom is 0.325 e. The lowest BCUT2D eigenvalue weighted by atomic mass is 9.95. The number of ether oxygens (including phenoxy) is 2. The minimum absolute atomic E-state index is 0.0806. The highest BCUT2D eigenvalue weighted by atomic mass is 16.5. The molecule has 0 spiro atoms. The van der Waals surface area contributed by atoms with Crippen LogP contribution in [0.5, 0.6) is 0 Å². The third-order valence-electron chi connectivity index (χ3n) is 4.31. The third kappa shape index (κ3) is 4.97. The van der Waals surface area contributed by atoms with E-state index in [1.807, 2.05) is 4.90 Å². The quantitative estimate of drug-likeness (QED) is 0.757. The van der Waals surface area contributed by atoms with Gasteiger partial charge in [-0.2, -0.15) is 0 Å². The van der Waals surface area contributed by atoms with Gasteiger partial charge in [0.1, 0.15) is 6.04 Å². The summed E-state index contributed by atoms with van der Waals surface area (Å²) >= 11 is 0. The number of methoxy groups -OCH3 is 1. The van der Waals surface area contributed by atoms with Crippen LogP contribution in [0.2, 0.25) is 0 Å². The maximum atomic E-state index is 12.0. The molecule has 1 saturated carbocycles. The molecule has 2 fully saturated rings. The average molecular weight is 298 g/mol. The van der Waals surface area contributed by atoms with Crippen molar-refractivity contribution in [1.29, 1.82) is 0 Å². The van der Waals surface area contributed by atoms with E-state index in [0.29, 0.717) is 38.8 Å². The number of amides is 1. The van der Waals surface area contributed by atoms with Crippen molar-refractivity contribution in [2.45, 2.75) is 50.6 Å². The molecule has 0 aromatic heterocycles. The first-order valence-electron chi connectivity index (χ1n) is 7.89. The minimum Gasteiger partial charge on any atom is -0.468 e. The predicted molar refractivity (Wildman–Crippen MR) is 77.8 cm³/mol. The van der Waals surface area contributed by atoms with Crippen LogP contribution < -0.4 is 5.32 Å². The van der Waals surface area contributed by atoms with Crippen molar-refractivity contribution in [3.63, 3.8) is 0 Å². The smallest absolute Gasteiger partial charge is 0.325 e. The van der Waals surface area contributed by atoms with Crippen LogP contribution in [0, 0.1) is 0 Å². The second-order valence-electron chi connectivity index (χ2n) is 5.80. The van der Waals surface area contributed by atoms with Crippen molar-refractivity contribution in [2.24, 2.45) is 0 Å². The van der Waals surface area contributed by atoms with Crippen molar-refractivity contribution in [3.05, 3.63) is 0 Å². The maximum absolute atomic E-state index is 12.0. The monoisotopic (exact) mass is 298 g/mol. The van der Waals surface area contributed by atoms with Crippen LogP contribution in [0.1, 0.15) is 38.5 Å². The Hall–Kier alpha value is -1.14. The Morgan fingerprint density at radius 1 is 1.29 bits per heavy atom. The van der Waals surface area contributed by atoms with Gasteiger partial charge in [0.05, 0.1) is 20.3 Å². The minimum atomic E-state index is -0.383. The summed E-state index contributed by atoms with van der Waals surface area (Å²) in [5, 5.41) is 3.10. The zero-order valence-electron chi connectivity index (χ0n) is 12.8. The molecule has 21 heavy (non-hydrogen) atoms. The van der Waals surface area contributed by atoms with Gasteiger partial charge in [-0.3, -0.25) is 14.5 Å². The fourth-order valence-corrected chi connectivity index (χ4v) is 3.05. The van der Waals surface area contributed by atoms with Gasteiger partial charge in [0.25, 0.3) is 0 Å². The molecule has 1 aliphatic carbocycles. The van der Waals surface area contributed by atoms with Crippen LogP contribution in [-0.4, -0.2) is 62.3 Å². The number of nitrogens with one attached hydrogen (secondary N) is 1. The molecule has 0 bridgehead atoms. The van der Waals surface area contributed by atoms with Crippen LogP contribution in [0.3, 0.4) is 0 Å². The number of carbonyl (C=O) groups excluding carboxylic acids is 2. The zero-order chi connectivity index (χ0) is 15.1. The fraction of sp³-hybridized carbons (Fsp3) is 0.867. The Morgan fingerprint density at radius 2 is 2.05 bits per heavy atom. The third-order valence-corrected chi connectivity index (χ3v) is 4.31. The number of carbonyl (C=O) groups is 2. The van der Waals surface area contributed by atoms with Crippen LogP contribution in [0.25, 0.3) is 0 Å². The predicted octanol–water partition coefficient (Wildman–Crippen LogP) is 0.699. The SMILES string of the molecule is COC(=O)C1COCCN1CCC(=O)NC1CCCCC1. The normalized spacial score (nSPS) is 24.5. The number of hydrogen-bond donors (Lipinski definition) is 1. The molecule has 1 heterocycles. The van der Waals surface area contributed by atoms with Crippen LogP contribution in [-0.2, 0) is 19.1 Å². The van der Waals surface area contributed by atoms with Gasteiger partial charge in [0.15, 0.2) is 0 Å². The second-order valence-corrected chi connectivity index (χ2v) is 5.80. The van der Waals surface area contributed by atoms with Gasteiger partial charge in [0, 0.05) is 25.6 Å². The van der Waals surface area contributed by atoms with Crippen LogP contribution >= 0.6 is 0 Å². The molecule has 1 saturated heterocycles. The van der Waals surface area contributed by atoms with Crippen molar-refractivity contribution in [2.75, 3.05) is 33.4 Å². The molecule has 6 nitrogen and oxygen atoms in total. The van der Waals surface area contributed by atoms with Gasteiger partial charge in [-0.05, 0) is 12.8 Å². The molecule has 1 N–H and O–H groups in total.